The largest absolute Gasteiger partial charge is 0.327 e. The van der Waals surface area contributed by atoms with Crippen LogP contribution in [0.2, 0.25) is 0 Å². The number of halogens is 3. The number of carbonyl (C=O) groups excluding carboxylic acids is 1. The molecule has 2 unspecified atom stereocenters. The van der Waals surface area contributed by atoms with Crippen LogP contribution in [0.4, 0.5) is 13.2 Å². The van der Waals surface area contributed by atoms with E-state index < -0.39 is 17.5 Å². The van der Waals surface area contributed by atoms with Gasteiger partial charge in [-0.05, 0) is 49.9 Å². The lowest BCUT2D eigenvalue weighted by Crippen LogP contribution is -2.50. The molecule has 2 aromatic carbocycles. The van der Waals surface area contributed by atoms with Crippen LogP contribution in [-0.4, -0.2) is 41.6 Å². The number of hydrogen-bond acceptors (Lipinski definition) is 4. The molecule has 35 heavy (non-hydrogen) atoms. The Bertz CT molecular complexity index is 1420. The van der Waals surface area contributed by atoms with Gasteiger partial charge < -0.3 is 4.90 Å². The van der Waals surface area contributed by atoms with Crippen molar-refractivity contribution in [3.8, 4) is 16.9 Å². The summed E-state index contributed by atoms with van der Waals surface area (Å²) < 4.78 is 44.8. The highest BCUT2D eigenvalue weighted by atomic mass is 19.2. The van der Waals surface area contributed by atoms with Crippen LogP contribution >= 0.6 is 0 Å². The molecule has 0 spiro atoms. The number of para-hydroxylation sites is 1. The third-order valence-electron chi connectivity index (χ3n) is 6.97. The number of benzene rings is 2. The van der Waals surface area contributed by atoms with Gasteiger partial charge in [0.15, 0.2) is 17.5 Å². The smallest absolute Gasteiger partial charge is 0.256 e. The normalized spacial score (nSPS) is 19.0. The molecule has 1 saturated heterocycles. The minimum Gasteiger partial charge on any atom is -0.327 e. The van der Waals surface area contributed by atoms with Crippen LogP contribution in [-0.2, 0) is 13.5 Å². The van der Waals surface area contributed by atoms with Gasteiger partial charge in [0.05, 0.1) is 41.1 Å². The average molecular weight is 478 g/mol. The Kier molecular flexibility index (Phi) is 4.98. The highest BCUT2D eigenvalue weighted by Gasteiger charge is 2.44. The molecule has 2 aliphatic heterocycles. The van der Waals surface area contributed by atoms with Crippen LogP contribution in [0.25, 0.3) is 16.9 Å². The summed E-state index contributed by atoms with van der Waals surface area (Å²) in [4.78, 5) is 15.8. The Labute approximate surface area is 198 Å². The quantitative estimate of drug-likeness (QED) is 0.410. The van der Waals surface area contributed by atoms with Gasteiger partial charge in [0, 0.05) is 24.2 Å². The highest BCUT2D eigenvalue weighted by molar-refractivity contribution is 5.98. The van der Waals surface area contributed by atoms with E-state index in [4.69, 9.17) is 0 Å². The first kappa shape index (κ1) is 21.6. The Hall–Kier alpha value is -3.95. The molecule has 178 valence electrons. The molecule has 2 bridgehead atoms. The second kappa shape index (κ2) is 8.07. The van der Waals surface area contributed by atoms with Crippen molar-refractivity contribution in [3.05, 3.63) is 83.1 Å². The lowest BCUT2D eigenvalue weighted by Gasteiger charge is -2.45. The molecule has 10 heteroatoms. The molecule has 2 aliphatic rings. The summed E-state index contributed by atoms with van der Waals surface area (Å²) in [5.74, 6) is -4.10. The van der Waals surface area contributed by atoms with E-state index in [9.17, 15) is 18.0 Å². The van der Waals surface area contributed by atoms with Crippen molar-refractivity contribution in [2.24, 2.45) is 7.05 Å². The number of aromatic nitrogens is 5. The number of rotatable bonds is 3. The number of hydrogen-bond donors (Lipinski definition) is 0. The number of aryl methyl sites for hydroxylation is 1. The van der Waals surface area contributed by atoms with Gasteiger partial charge >= 0.3 is 0 Å². The molecule has 1 amide bonds. The first-order valence-corrected chi connectivity index (χ1v) is 11.4. The van der Waals surface area contributed by atoms with E-state index in [0.29, 0.717) is 23.4 Å². The van der Waals surface area contributed by atoms with E-state index in [2.05, 4.69) is 15.4 Å². The van der Waals surface area contributed by atoms with Crippen molar-refractivity contribution in [2.75, 3.05) is 0 Å². The van der Waals surface area contributed by atoms with Gasteiger partial charge in [-0.3, -0.25) is 9.48 Å². The summed E-state index contributed by atoms with van der Waals surface area (Å²) in [7, 11) is 1.70. The van der Waals surface area contributed by atoms with Crippen LogP contribution in [0.5, 0.6) is 0 Å². The molecule has 0 N–H and O–H groups in total. The van der Waals surface area contributed by atoms with E-state index in [1.54, 1.807) is 34.9 Å². The van der Waals surface area contributed by atoms with E-state index in [1.165, 1.54) is 0 Å². The maximum Gasteiger partial charge on any atom is 0.256 e. The van der Waals surface area contributed by atoms with E-state index in [-0.39, 0.29) is 23.6 Å². The Morgan fingerprint density at radius 1 is 1.09 bits per heavy atom. The maximum absolute atomic E-state index is 14.0. The molecule has 6 rings (SSSR count). The van der Waals surface area contributed by atoms with Crippen LogP contribution in [0, 0.1) is 17.5 Å². The molecule has 0 radical (unpaired) electrons. The van der Waals surface area contributed by atoms with Gasteiger partial charge in [0.25, 0.3) is 5.91 Å². The fourth-order valence-corrected chi connectivity index (χ4v) is 5.53. The predicted molar refractivity (Wildman–Crippen MR) is 120 cm³/mol. The lowest BCUT2D eigenvalue weighted by atomic mass is 9.81. The van der Waals surface area contributed by atoms with Gasteiger partial charge in [0.1, 0.15) is 0 Å². The minimum absolute atomic E-state index is 0.101. The Balaban J connectivity index is 1.44. The molecule has 2 atom stereocenters. The fraction of sp³-hybridized carbons (Fsp3) is 0.280. The SMILES string of the molecule is Cn1nc2c(c1-c1cc(F)c(F)c(F)c1)CC1CCCC2N1C(=O)c1ccccc1-n1ccnn1. The fourth-order valence-electron chi connectivity index (χ4n) is 5.53. The van der Waals surface area contributed by atoms with Crippen molar-refractivity contribution < 1.29 is 18.0 Å². The lowest BCUT2D eigenvalue weighted by molar-refractivity contribution is 0.0391. The van der Waals surface area contributed by atoms with Crippen LogP contribution in [0.1, 0.15) is 46.9 Å². The third kappa shape index (κ3) is 3.35. The monoisotopic (exact) mass is 478 g/mol. The molecule has 2 aromatic heterocycles. The molecule has 1 fully saturated rings. The predicted octanol–water partition coefficient (Wildman–Crippen LogP) is 4.38. The molecule has 4 heterocycles. The second-order valence-corrected chi connectivity index (χ2v) is 8.97. The summed E-state index contributed by atoms with van der Waals surface area (Å²) >= 11 is 0. The molecular weight excluding hydrogens is 457 g/mol. The van der Waals surface area contributed by atoms with Crippen LogP contribution in [0.3, 0.4) is 0 Å². The van der Waals surface area contributed by atoms with Gasteiger partial charge in [-0.15, -0.1) is 5.10 Å². The van der Waals surface area contributed by atoms with Crippen molar-refractivity contribution in [3.63, 3.8) is 0 Å². The third-order valence-corrected chi connectivity index (χ3v) is 6.97. The van der Waals surface area contributed by atoms with Crippen molar-refractivity contribution in [2.45, 2.75) is 37.8 Å². The number of carbonyl (C=O) groups is 1. The maximum atomic E-state index is 14.0. The van der Waals surface area contributed by atoms with Gasteiger partial charge in [-0.2, -0.15) is 5.10 Å². The van der Waals surface area contributed by atoms with Gasteiger partial charge in [0.2, 0.25) is 0 Å². The number of fused-ring (bicyclic) bond motifs is 4. The topological polar surface area (TPSA) is 68.8 Å². The summed E-state index contributed by atoms with van der Waals surface area (Å²) in [6.45, 7) is 0. The standard InChI is InChI=1S/C25H21F3N6O/c1-32-24(14-11-18(26)22(28)19(27)12-14)17-13-15-5-4-8-21(23(17)30-32)34(15)25(35)16-6-2-3-7-20(16)33-10-9-29-31-33/h2-3,6-7,9-12,15,21H,4-5,8,13H2,1H3. The second-order valence-electron chi connectivity index (χ2n) is 8.97. The zero-order valence-corrected chi connectivity index (χ0v) is 18.8. The van der Waals surface area contributed by atoms with Crippen molar-refractivity contribution in [1.29, 1.82) is 0 Å². The van der Waals surface area contributed by atoms with Gasteiger partial charge in [-0.1, -0.05) is 17.3 Å². The van der Waals surface area contributed by atoms with Gasteiger partial charge in [-0.25, -0.2) is 17.9 Å². The number of amides is 1. The molecular formula is C25H21F3N6O. The van der Waals surface area contributed by atoms with E-state index in [0.717, 1.165) is 42.7 Å². The first-order valence-electron chi connectivity index (χ1n) is 11.4. The van der Waals surface area contributed by atoms with Crippen LogP contribution in [0.15, 0.2) is 48.8 Å². The van der Waals surface area contributed by atoms with Crippen LogP contribution < -0.4 is 0 Å². The summed E-state index contributed by atoms with van der Waals surface area (Å²) in [6.07, 6.45) is 6.20. The van der Waals surface area contributed by atoms with E-state index >= 15 is 0 Å². The highest BCUT2D eigenvalue weighted by Crippen LogP contribution is 2.45. The number of nitrogens with zero attached hydrogens (tertiary/aromatic N) is 6. The summed E-state index contributed by atoms with van der Waals surface area (Å²) in [6, 6.07) is 8.88. The average Bonchev–Trinajstić information content (AvgIpc) is 3.49. The molecule has 0 aliphatic carbocycles. The Morgan fingerprint density at radius 3 is 2.60 bits per heavy atom. The first-order chi connectivity index (χ1) is 16.9. The zero-order chi connectivity index (χ0) is 24.3. The van der Waals surface area contributed by atoms with Crippen molar-refractivity contribution >= 4 is 5.91 Å². The number of piperidine rings is 1. The zero-order valence-electron chi connectivity index (χ0n) is 18.8. The molecule has 7 nitrogen and oxygen atoms in total. The summed E-state index contributed by atoms with van der Waals surface area (Å²) in [5.41, 5.74) is 3.49. The van der Waals surface area contributed by atoms with Crippen molar-refractivity contribution in [1.82, 2.24) is 29.7 Å². The summed E-state index contributed by atoms with van der Waals surface area (Å²) in [5, 5.41) is 12.6. The molecule has 0 saturated carbocycles. The Morgan fingerprint density at radius 2 is 1.86 bits per heavy atom. The minimum atomic E-state index is -1.50. The molecule has 4 aromatic rings. The van der Waals surface area contributed by atoms with E-state index in [1.807, 2.05) is 23.1 Å².